The third-order valence-electron chi connectivity index (χ3n) is 10.9. The molecule has 30 heteroatoms. The van der Waals surface area contributed by atoms with Gasteiger partial charge in [-0.25, -0.2) is 0 Å². The summed E-state index contributed by atoms with van der Waals surface area (Å²) in [7, 11) is 0. The van der Waals surface area contributed by atoms with Crippen molar-refractivity contribution in [2.45, 2.75) is 56.0 Å². The van der Waals surface area contributed by atoms with Crippen LogP contribution in [0, 0.1) is 0 Å². The van der Waals surface area contributed by atoms with Crippen LogP contribution in [0.4, 0.5) is 119 Å². The maximum atomic E-state index is 14.2. The number of alkyl halides is 24. The topological polar surface area (TPSA) is 16.8 Å². The standard InChI is InChI=1S/C32H12BF24.C13H10F3N2/c34-25(35,36)13-1-14(26(37,38)39)6-21(5-13)33(22-7-15(27(40,41)42)2-16(8-22)28(43,44)45,23-9-17(29(46,47)48)3-18(10-23)30(49,50)51)24-11-19(31(52,53)54)4-20(12-24)32(55,56)57;14-12(13(15)16)11-8-17-6-7-18(11)9-10-4-2-1-3-5-10/h1-12H;1-8H,9H2/q-1;+1. The van der Waals surface area contributed by atoms with Gasteiger partial charge in [0.05, 0.1) is 50.7 Å². The van der Waals surface area contributed by atoms with E-state index in [2.05, 4.69) is 4.98 Å². The summed E-state index contributed by atoms with van der Waals surface area (Å²) >= 11 is 0. The summed E-state index contributed by atoms with van der Waals surface area (Å²) in [6, 6.07) is 0.380. The van der Waals surface area contributed by atoms with Crippen LogP contribution in [0.3, 0.4) is 0 Å². The predicted molar refractivity (Wildman–Crippen MR) is 210 cm³/mol. The van der Waals surface area contributed by atoms with Crippen molar-refractivity contribution in [3.05, 3.63) is 184 Å². The number of nitrogens with zero attached hydrogens (tertiary/aromatic N) is 2. The van der Waals surface area contributed by atoms with E-state index in [0.29, 0.717) is 6.54 Å². The van der Waals surface area contributed by atoms with Crippen LogP contribution in [0.25, 0.3) is 5.83 Å². The van der Waals surface area contributed by atoms with Gasteiger partial charge < -0.3 is 0 Å². The van der Waals surface area contributed by atoms with E-state index < -0.39 is 207 Å². The minimum atomic E-state index is -6.13. The van der Waals surface area contributed by atoms with E-state index in [0.717, 1.165) is 11.8 Å². The average Bonchev–Trinajstić information content (AvgIpc) is 3.27. The van der Waals surface area contributed by atoms with Gasteiger partial charge in [-0.1, -0.05) is 78.9 Å². The zero-order valence-corrected chi connectivity index (χ0v) is 35.9. The molecule has 0 N–H and O–H groups in total. The first-order valence-corrected chi connectivity index (χ1v) is 19.9. The van der Waals surface area contributed by atoms with Gasteiger partial charge in [0.2, 0.25) is 0 Å². The van der Waals surface area contributed by atoms with Crippen LogP contribution in [-0.4, -0.2) is 11.1 Å². The number of halogens is 27. The van der Waals surface area contributed by atoms with E-state index in [-0.39, 0.29) is 5.69 Å². The fourth-order valence-corrected chi connectivity index (χ4v) is 7.66. The number of hydrogen-bond acceptors (Lipinski definition) is 1. The Morgan fingerprint density at radius 1 is 0.373 bits per heavy atom. The van der Waals surface area contributed by atoms with Gasteiger partial charge in [-0.3, -0.25) is 4.98 Å². The Morgan fingerprint density at radius 2 is 0.627 bits per heavy atom. The largest absolute Gasteiger partial charge is 0.416 e. The Hall–Kier alpha value is -6.91. The van der Waals surface area contributed by atoms with Crippen LogP contribution < -0.4 is 26.4 Å². The quantitative estimate of drug-likeness (QED) is 0.0884. The molecule has 0 spiro atoms. The highest BCUT2D eigenvalue weighted by molar-refractivity contribution is 7.20. The molecular formula is C45H22BF27N2. The van der Waals surface area contributed by atoms with Crippen molar-refractivity contribution in [2.75, 3.05) is 0 Å². The Balaban J connectivity index is 0.000000483. The minimum Gasteiger partial charge on any atom is -0.251 e. The molecule has 0 bridgehead atoms. The van der Waals surface area contributed by atoms with Gasteiger partial charge in [-0.05, 0) is 24.3 Å². The van der Waals surface area contributed by atoms with Crippen LogP contribution in [-0.2, 0) is 56.0 Å². The van der Waals surface area contributed by atoms with Crippen molar-refractivity contribution < 1.29 is 123 Å². The second-order valence-electron chi connectivity index (χ2n) is 15.9. The molecule has 5 aromatic carbocycles. The highest BCUT2D eigenvalue weighted by Gasteiger charge is 2.47. The molecule has 0 saturated carbocycles. The molecule has 0 fully saturated rings. The number of rotatable bonds is 7. The maximum absolute atomic E-state index is 14.2. The normalized spacial score (nSPS) is 13.3. The number of benzene rings is 5. The molecule has 0 amide bonds. The lowest BCUT2D eigenvalue weighted by molar-refractivity contribution is -0.691. The molecule has 0 radical (unpaired) electrons. The molecule has 0 aliphatic carbocycles. The molecule has 6 rings (SSSR count). The first kappa shape index (κ1) is 59.0. The minimum absolute atomic E-state index is 0.235. The van der Waals surface area contributed by atoms with Crippen molar-refractivity contribution in [1.29, 1.82) is 0 Å². The van der Waals surface area contributed by atoms with E-state index in [1.54, 1.807) is 0 Å². The van der Waals surface area contributed by atoms with Crippen LogP contribution in [0.15, 0.2) is 128 Å². The Labute approximate surface area is 401 Å². The molecule has 2 nitrogen and oxygen atoms in total. The van der Waals surface area contributed by atoms with E-state index >= 15 is 0 Å². The van der Waals surface area contributed by atoms with Crippen LogP contribution in [0.5, 0.6) is 0 Å². The zero-order valence-electron chi connectivity index (χ0n) is 35.9. The Bertz CT molecular complexity index is 2600. The summed E-state index contributed by atoms with van der Waals surface area (Å²) in [6.07, 6.45) is -53.2. The average molecular weight is 1110 g/mol. The molecule has 1 aromatic heterocycles. The summed E-state index contributed by atoms with van der Waals surface area (Å²) < 4.78 is 380. The third kappa shape index (κ3) is 13.7. The lowest BCUT2D eigenvalue weighted by atomic mass is 9.12. The smallest absolute Gasteiger partial charge is 0.251 e. The van der Waals surface area contributed by atoms with E-state index in [4.69, 9.17) is 0 Å². The van der Waals surface area contributed by atoms with Crippen molar-refractivity contribution in [3.8, 4) is 0 Å². The summed E-state index contributed by atoms with van der Waals surface area (Å²) in [4.78, 5) is 3.66. The first-order chi connectivity index (χ1) is 33.9. The lowest BCUT2D eigenvalue weighted by Crippen LogP contribution is -2.75. The summed E-state index contributed by atoms with van der Waals surface area (Å²) in [5.74, 6) is -1.54. The molecule has 1 heterocycles. The fourth-order valence-electron chi connectivity index (χ4n) is 7.66. The van der Waals surface area contributed by atoms with Crippen LogP contribution >= 0.6 is 0 Å². The summed E-state index contributed by atoms with van der Waals surface area (Å²) in [6.45, 7) is 0.305. The highest BCUT2D eigenvalue weighted by atomic mass is 19.4. The van der Waals surface area contributed by atoms with Crippen molar-refractivity contribution in [1.82, 2.24) is 4.98 Å². The van der Waals surface area contributed by atoms with E-state index in [1.165, 1.54) is 17.0 Å². The van der Waals surface area contributed by atoms with Crippen molar-refractivity contribution in [2.24, 2.45) is 0 Å². The van der Waals surface area contributed by atoms with Gasteiger partial charge in [0.15, 0.2) is 12.7 Å². The van der Waals surface area contributed by atoms with E-state index in [9.17, 15) is 119 Å². The van der Waals surface area contributed by atoms with Gasteiger partial charge in [0.25, 0.3) is 11.5 Å². The second-order valence-corrected chi connectivity index (χ2v) is 15.9. The molecule has 0 aliphatic rings. The molecule has 6 aromatic rings. The van der Waals surface area contributed by atoms with Gasteiger partial charge in [-0.2, -0.15) is 145 Å². The number of hydrogen-bond donors (Lipinski definition) is 0. The van der Waals surface area contributed by atoms with Crippen molar-refractivity contribution in [3.63, 3.8) is 0 Å². The summed E-state index contributed by atoms with van der Waals surface area (Å²) in [5, 5.41) is 0. The SMILES string of the molecule is FC(F)(F)c1cc([B-](c2cc(C(F)(F)F)cc(C(F)(F)F)c2)(c2cc(C(F)(F)F)cc(C(F)(F)F)c2)c2cc(C(F)(F)F)cc(C(F)(F)F)c2)cc(C(F)(F)F)c1.FC(F)=C(F)c1cncc[n+]1Cc1ccccc1. The maximum Gasteiger partial charge on any atom is 0.416 e. The zero-order chi connectivity index (χ0) is 56.9. The molecule has 75 heavy (non-hydrogen) atoms. The summed E-state index contributed by atoms with van der Waals surface area (Å²) in [5.41, 5.74) is -29.5. The van der Waals surface area contributed by atoms with Gasteiger partial charge >= 0.3 is 55.5 Å². The van der Waals surface area contributed by atoms with Gasteiger partial charge in [0.1, 0.15) is 12.3 Å². The van der Waals surface area contributed by atoms with Gasteiger partial charge in [-0.15, -0.1) is 0 Å². The Morgan fingerprint density at radius 3 is 0.853 bits per heavy atom. The molecule has 0 unspecified atom stereocenters. The molecule has 404 valence electrons. The molecular weight excluding hydrogens is 1090 g/mol. The van der Waals surface area contributed by atoms with Crippen LogP contribution in [0.1, 0.15) is 55.8 Å². The van der Waals surface area contributed by atoms with Crippen molar-refractivity contribution >= 4 is 33.8 Å². The first-order valence-electron chi connectivity index (χ1n) is 19.9. The van der Waals surface area contributed by atoms with E-state index in [1.807, 2.05) is 30.3 Å². The third-order valence-corrected chi connectivity index (χ3v) is 10.9. The monoisotopic (exact) mass is 1110 g/mol. The van der Waals surface area contributed by atoms with Crippen LogP contribution in [0.2, 0.25) is 0 Å². The molecule has 0 aliphatic heterocycles. The fraction of sp³-hybridized carbons (Fsp3) is 0.200. The second kappa shape index (κ2) is 20.3. The predicted octanol–water partition coefficient (Wildman–Crippen LogP) is 14.2. The lowest BCUT2D eigenvalue weighted by Gasteiger charge is -2.46. The highest BCUT2D eigenvalue weighted by Crippen LogP contribution is 2.41. The molecule has 0 atom stereocenters. The number of aromatic nitrogens is 2. The Kier molecular flexibility index (Phi) is 16.0. The molecule has 0 saturated heterocycles. The van der Waals surface area contributed by atoms with Gasteiger partial charge in [0, 0.05) is 5.56 Å².